The van der Waals surface area contributed by atoms with Crippen LogP contribution in [0.4, 0.5) is 8.78 Å². The predicted octanol–water partition coefficient (Wildman–Crippen LogP) is 3.01. The van der Waals surface area contributed by atoms with Gasteiger partial charge in [-0.05, 0) is 36.8 Å². The molecule has 0 saturated carbocycles. The van der Waals surface area contributed by atoms with E-state index in [4.69, 9.17) is 4.42 Å². The lowest BCUT2D eigenvalue weighted by Crippen LogP contribution is -2.46. The number of carbonyl (C=O) groups is 3. The lowest BCUT2D eigenvalue weighted by Gasteiger charge is -2.22. The molecule has 4 rings (SSSR count). The van der Waals surface area contributed by atoms with Gasteiger partial charge in [-0.3, -0.25) is 9.59 Å². The van der Waals surface area contributed by atoms with Gasteiger partial charge in [0.1, 0.15) is 17.2 Å². The molecule has 1 aliphatic heterocycles. The van der Waals surface area contributed by atoms with Gasteiger partial charge in [-0.1, -0.05) is 12.1 Å². The van der Waals surface area contributed by atoms with Crippen LogP contribution in [0.3, 0.4) is 0 Å². The molecule has 2 heterocycles. The van der Waals surface area contributed by atoms with Crippen molar-refractivity contribution in [1.82, 2.24) is 10.2 Å². The van der Waals surface area contributed by atoms with Crippen LogP contribution in [0.1, 0.15) is 22.3 Å². The lowest BCUT2D eigenvalue weighted by molar-refractivity contribution is -0.160. The van der Waals surface area contributed by atoms with E-state index in [1.165, 1.54) is 0 Å². The Balaban J connectivity index is 1.46. The Morgan fingerprint density at radius 1 is 1.15 bits per heavy atom. The Bertz CT molecular complexity index is 1220. The zero-order chi connectivity index (χ0) is 23.7. The van der Waals surface area contributed by atoms with E-state index < -0.39 is 43.1 Å². The monoisotopic (exact) mass is 460 g/mol. The third kappa shape index (κ3) is 4.65. The average molecular weight is 460 g/mol. The molecule has 174 valence electrons. The Morgan fingerprint density at radius 2 is 1.94 bits per heavy atom. The highest BCUT2D eigenvalue weighted by Gasteiger charge is 2.41. The fraction of sp³-hybridized carbons (Fsp3) is 0.348. The van der Waals surface area contributed by atoms with Crippen molar-refractivity contribution in [2.45, 2.75) is 32.1 Å². The number of hydrogen-bond donors (Lipinski definition) is 1. The van der Waals surface area contributed by atoms with Crippen molar-refractivity contribution in [1.29, 1.82) is 0 Å². The SMILES string of the molecule is COC(=O)[C@@H]1C[C@@H](OC(F)F)CN1C(=O)CNC(=O)c1ccc2oc3cc(C)ccc3c2c1. The largest absolute Gasteiger partial charge is 0.467 e. The zero-order valence-corrected chi connectivity index (χ0v) is 18.0. The zero-order valence-electron chi connectivity index (χ0n) is 18.0. The number of alkyl halides is 2. The summed E-state index contributed by atoms with van der Waals surface area (Å²) in [5, 5.41) is 4.15. The molecule has 3 aromatic rings. The van der Waals surface area contributed by atoms with Crippen molar-refractivity contribution < 1.29 is 37.1 Å². The fourth-order valence-electron chi connectivity index (χ4n) is 4.06. The molecule has 33 heavy (non-hydrogen) atoms. The smallest absolute Gasteiger partial charge is 0.345 e. The maximum atomic E-state index is 12.7. The number of ether oxygens (including phenoxy) is 2. The number of carbonyl (C=O) groups excluding carboxylic acids is 3. The molecule has 1 aliphatic rings. The van der Waals surface area contributed by atoms with Crippen molar-refractivity contribution in [3.63, 3.8) is 0 Å². The quantitative estimate of drug-likeness (QED) is 0.568. The van der Waals surface area contributed by atoms with Crippen molar-refractivity contribution in [3.8, 4) is 0 Å². The van der Waals surface area contributed by atoms with Gasteiger partial charge in [0.2, 0.25) is 5.91 Å². The van der Waals surface area contributed by atoms with Gasteiger partial charge in [0.05, 0.1) is 19.8 Å². The summed E-state index contributed by atoms with van der Waals surface area (Å²) in [6.07, 6.45) is -1.12. The highest BCUT2D eigenvalue weighted by atomic mass is 19.3. The maximum Gasteiger partial charge on any atom is 0.345 e. The molecule has 1 aromatic heterocycles. The molecule has 0 radical (unpaired) electrons. The van der Waals surface area contributed by atoms with E-state index in [-0.39, 0.29) is 13.0 Å². The van der Waals surface area contributed by atoms with Gasteiger partial charge in [-0.25, -0.2) is 4.79 Å². The first-order valence-electron chi connectivity index (χ1n) is 10.3. The van der Waals surface area contributed by atoms with Gasteiger partial charge in [-0.2, -0.15) is 8.78 Å². The summed E-state index contributed by atoms with van der Waals surface area (Å²) in [5.41, 5.74) is 2.71. The molecule has 1 fully saturated rings. The van der Waals surface area contributed by atoms with E-state index in [9.17, 15) is 23.2 Å². The molecule has 0 spiro atoms. The van der Waals surface area contributed by atoms with Gasteiger partial charge >= 0.3 is 12.6 Å². The molecule has 2 aromatic carbocycles. The molecule has 1 N–H and O–H groups in total. The number of rotatable bonds is 6. The number of nitrogens with one attached hydrogen (secondary N) is 1. The first-order valence-corrected chi connectivity index (χ1v) is 10.3. The van der Waals surface area contributed by atoms with Crippen LogP contribution in [0.15, 0.2) is 40.8 Å². The van der Waals surface area contributed by atoms with E-state index in [0.29, 0.717) is 16.7 Å². The van der Waals surface area contributed by atoms with Crippen LogP contribution >= 0.6 is 0 Å². The van der Waals surface area contributed by atoms with Crippen LogP contribution in [0.5, 0.6) is 0 Å². The van der Waals surface area contributed by atoms with Crippen LogP contribution in [-0.2, 0) is 19.1 Å². The minimum absolute atomic E-state index is 0.111. The first kappa shape index (κ1) is 22.7. The van der Waals surface area contributed by atoms with E-state index in [1.807, 2.05) is 25.1 Å². The Morgan fingerprint density at radius 3 is 2.67 bits per heavy atom. The lowest BCUT2D eigenvalue weighted by atomic mass is 10.1. The summed E-state index contributed by atoms with van der Waals surface area (Å²) < 4.78 is 40.1. The van der Waals surface area contributed by atoms with Gasteiger partial charge < -0.3 is 24.1 Å². The van der Waals surface area contributed by atoms with Gasteiger partial charge in [0.25, 0.3) is 5.91 Å². The normalized spacial score (nSPS) is 18.3. The summed E-state index contributed by atoms with van der Waals surface area (Å²) in [6, 6.07) is 9.66. The Kier molecular flexibility index (Phi) is 6.28. The predicted molar refractivity (Wildman–Crippen MR) is 114 cm³/mol. The topological polar surface area (TPSA) is 98.1 Å². The average Bonchev–Trinajstić information content (AvgIpc) is 3.36. The summed E-state index contributed by atoms with van der Waals surface area (Å²) in [5.74, 6) is -1.84. The summed E-state index contributed by atoms with van der Waals surface area (Å²) >= 11 is 0. The number of furan rings is 1. The molecule has 8 nitrogen and oxygen atoms in total. The van der Waals surface area contributed by atoms with Crippen LogP contribution in [0.2, 0.25) is 0 Å². The second-order valence-corrected chi connectivity index (χ2v) is 7.83. The van der Waals surface area contributed by atoms with E-state index in [1.54, 1.807) is 18.2 Å². The maximum absolute atomic E-state index is 12.7. The van der Waals surface area contributed by atoms with Gasteiger partial charge in [0.15, 0.2) is 0 Å². The standard InChI is InChI=1S/C23H22F2N2O6/c1-12-3-5-15-16-8-13(4-6-18(16)33-19(15)7-12)21(29)26-10-20(28)27-11-14(32-23(24)25)9-17(27)22(30)31-2/h3-8,14,17,23H,9-11H2,1-2H3,(H,26,29)/t14-,17+/m1/s1. The third-order valence-corrected chi connectivity index (χ3v) is 5.64. The second kappa shape index (κ2) is 9.14. The van der Waals surface area contributed by atoms with Gasteiger partial charge in [0, 0.05) is 29.3 Å². The molecule has 0 bridgehead atoms. The minimum atomic E-state index is -3.03. The summed E-state index contributed by atoms with van der Waals surface area (Å²) in [6.45, 7) is -1.70. The Hall–Kier alpha value is -3.53. The number of benzene rings is 2. The fourth-order valence-corrected chi connectivity index (χ4v) is 4.06. The third-order valence-electron chi connectivity index (χ3n) is 5.64. The number of nitrogens with zero attached hydrogens (tertiary/aromatic N) is 1. The second-order valence-electron chi connectivity index (χ2n) is 7.83. The highest BCUT2D eigenvalue weighted by Crippen LogP contribution is 2.30. The molecular formula is C23H22F2N2O6. The number of amides is 2. The number of hydrogen-bond acceptors (Lipinski definition) is 6. The number of fused-ring (bicyclic) bond motifs is 3. The van der Waals surface area contributed by atoms with Crippen LogP contribution in [-0.4, -0.2) is 61.6 Å². The molecule has 2 amide bonds. The molecule has 1 saturated heterocycles. The molecule has 10 heteroatoms. The van der Waals surface area contributed by atoms with E-state index in [0.717, 1.165) is 28.3 Å². The van der Waals surface area contributed by atoms with Crippen molar-refractivity contribution in [2.75, 3.05) is 20.2 Å². The first-order chi connectivity index (χ1) is 15.8. The van der Waals surface area contributed by atoms with E-state index >= 15 is 0 Å². The highest BCUT2D eigenvalue weighted by molar-refractivity contribution is 6.08. The number of likely N-dealkylation sites (tertiary alicyclic amines) is 1. The number of aryl methyl sites for hydroxylation is 1. The Labute approximate surface area is 187 Å². The van der Waals surface area contributed by atoms with Crippen LogP contribution < -0.4 is 5.32 Å². The summed E-state index contributed by atoms with van der Waals surface area (Å²) in [7, 11) is 1.14. The number of esters is 1. The molecular weight excluding hydrogens is 438 g/mol. The molecule has 2 atom stereocenters. The minimum Gasteiger partial charge on any atom is -0.467 e. The van der Waals surface area contributed by atoms with Crippen molar-refractivity contribution in [3.05, 3.63) is 47.5 Å². The summed E-state index contributed by atoms with van der Waals surface area (Å²) in [4.78, 5) is 38.4. The van der Waals surface area contributed by atoms with E-state index in [2.05, 4.69) is 14.8 Å². The molecule has 0 aliphatic carbocycles. The van der Waals surface area contributed by atoms with Crippen LogP contribution in [0, 0.1) is 6.92 Å². The number of halogens is 2. The number of methoxy groups -OCH3 is 1. The van der Waals surface area contributed by atoms with Crippen molar-refractivity contribution >= 4 is 39.7 Å². The van der Waals surface area contributed by atoms with Crippen molar-refractivity contribution in [2.24, 2.45) is 0 Å². The van der Waals surface area contributed by atoms with Crippen LogP contribution in [0.25, 0.3) is 21.9 Å². The molecule has 0 unspecified atom stereocenters. The van der Waals surface area contributed by atoms with Gasteiger partial charge in [-0.15, -0.1) is 0 Å².